The molecule has 8 heterocycles. The van der Waals surface area contributed by atoms with Gasteiger partial charge in [-0.15, -0.1) is 0 Å². The number of nitrogens with zero attached hydrogens (tertiary/aromatic N) is 6. The van der Waals surface area contributed by atoms with Crippen LogP contribution in [0.25, 0.3) is 43.8 Å². The number of fused-ring (bicyclic) bond motifs is 4. The number of pyridine rings is 4. The first-order valence-corrected chi connectivity index (χ1v) is 23.9. The van der Waals surface area contributed by atoms with E-state index in [2.05, 4.69) is 51.0 Å². The van der Waals surface area contributed by atoms with Gasteiger partial charge in [-0.2, -0.15) is 0 Å². The summed E-state index contributed by atoms with van der Waals surface area (Å²) in [6, 6.07) is 7.14. The van der Waals surface area contributed by atoms with Crippen LogP contribution in [0.3, 0.4) is 0 Å². The van der Waals surface area contributed by atoms with E-state index in [0.29, 0.717) is 134 Å². The van der Waals surface area contributed by atoms with Crippen molar-refractivity contribution >= 4 is 68.1 Å². The summed E-state index contributed by atoms with van der Waals surface area (Å²) in [6.45, 7) is 7.88. The molecule has 0 bridgehead atoms. The van der Waals surface area contributed by atoms with Crippen molar-refractivity contribution in [3.63, 3.8) is 0 Å². The van der Waals surface area contributed by atoms with E-state index in [4.69, 9.17) is 30.4 Å². The summed E-state index contributed by atoms with van der Waals surface area (Å²) in [5, 5.41) is 13.9. The van der Waals surface area contributed by atoms with Gasteiger partial charge in [0.15, 0.2) is 11.6 Å². The van der Waals surface area contributed by atoms with Gasteiger partial charge in [0.05, 0.1) is 11.4 Å². The first kappa shape index (κ1) is 46.9. The third kappa shape index (κ3) is 8.97. The molecule has 2 aromatic carbocycles. The Morgan fingerprint density at radius 3 is 1.42 bits per heavy atom. The number of carbonyl (C=O) groups is 2. The van der Waals surface area contributed by atoms with Crippen molar-refractivity contribution in [1.29, 1.82) is 0 Å². The van der Waals surface area contributed by atoms with Crippen LogP contribution in [0, 0.1) is 25.5 Å². The Kier molecular flexibility index (Phi) is 12.3. The highest BCUT2D eigenvalue weighted by Crippen LogP contribution is 2.42. The van der Waals surface area contributed by atoms with Crippen LogP contribution in [-0.4, -0.2) is 131 Å². The Labute approximate surface area is 410 Å². The van der Waals surface area contributed by atoms with E-state index in [1.165, 1.54) is 12.4 Å². The molecule has 2 saturated heterocycles. The van der Waals surface area contributed by atoms with Crippen LogP contribution in [0.2, 0.25) is 0 Å². The summed E-state index contributed by atoms with van der Waals surface area (Å²) in [7, 11) is 0. The van der Waals surface area contributed by atoms with Gasteiger partial charge >= 0.3 is 12.2 Å². The van der Waals surface area contributed by atoms with E-state index in [1.54, 1.807) is 36.7 Å². The molecule has 72 heavy (non-hydrogen) atoms. The average molecular weight is 993 g/mol. The smallest absolute Gasteiger partial charge is 0.413 e. The van der Waals surface area contributed by atoms with Crippen molar-refractivity contribution in [2.45, 2.75) is 76.2 Å². The molecule has 0 atom stereocenters. The van der Waals surface area contributed by atoms with Gasteiger partial charge in [-0.1, -0.05) is 0 Å². The van der Waals surface area contributed by atoms with E-state index in [9.17, 15) is 18.4 Å². The molecule has 4 fully saturated rings. The second-order valence-electron chi connectivity index (χ2n) is 19.0. The van der Waals surface area contributed by atoms with Gasteiger partial charge in [0.2, 0.25) is 11.8 Å². The number of amides is 2. The maximum atomic E-state index is 15.3. The number of rotatable bonds is 8. The highest BCUT2D eigenvalue weighted by Gasteiger charge is 2.43. The Morgan fingerprint density at radius 2 is 1.03 bits per heavy atom. The average Bonchev–Trinajstić information content (AvgIpc) is 3.32. The lowest BCUT2D eigenvalue weighted by molar-refractivity contribution is -0.0576. The van der Waals surface area contributed by atoms with E-state index in [1.807, 2.05) is 13.8 Å². The molecule has 18 nitrogen and oxygen atoms in total. The van der Waals surface area contributed by atoms with Gasteiger partial charge in [-0.25, -0.2) is 47.1 Å². The molecule has 2 saturated carbocycles. The highest BCUT2D eigenvalue weighted by atomic mass is 19.1. The zero-order chi connectivity index (χ0) is 49.9. The van der Waals surface area contributed by atoms with Crippen molar-refractivity contribution in [1.82, 2.24) is 29.7 Å². The number of benzene rings is 2. The monoisotopic (exact) mass is 992 g/mol. The van der Waals surface area contributed by atoms with Gasteiger partial charge < -0.3 is 41.0 Å². The summed E-state index contributed by atoms with van der Waals surface area (Å²) in [5.41, 5.74) is 17.0. The zero-order valence-electron chi connectivity index (χ0n) is 39.4. The largest absolute Gasteiger partial charge is 0.474 e. The molecule has 0 unspecified atom stereocenters. The summed E-state index contributed by atoms with van der Waals surface area (Å²) < 4.78 is 78.8. The molecule has 0 spiro atoms. The zero-order valence-corrected chi connectivity index (χ0v) is 39.4. The fraction of sp³-hybridized carbons (Fsp3) is 0.400. The molecular formula is C50H52F4N12O6. The van der Waals surface area contributed by atoms with E-state index in [0.717, 1.165) is 22.5 Å². The Balaban J connectivity index is 0.000000156. The van der Waals surface area contributed by atoms with E-state index in [-0.39, 0.29) is 47.3 Å². The second-order valence-corrected chi connectivity index (χ2v) is 19.0. The number of ether oxygens (including phenoxy) is 4. The number of likely N-dealkylation sites (tertiary alicyclic amines) is 2. The minimum atomic E-state index is -0.742. The third-order valence-electron chi connectivity index (χ3n) is 14.4. The fourth-order valence-corrected chi connectivity index (χ4v) is 10.1. The first-order valence-electron chi connectivity index (χ1n) is 23.9. The van der Waals surface area contributed by atoms with Crippen LogP contribution in [0.4, 0.5) is 61.5 Å². The van der Waals surface area contributed by atoms with Crippen LogP contribution >= 0.6 is 0 Å². The predicted octanol–water partition coefficient (Wildman–Crippen LogP) is 7.73. The van der Waals surface area contributed by atoms with Crippen LogP contribution in [-0.2, 0) is 9.47 Å². The maximum Gasteiger partial charge on any atom is 0.413 e. The molecule has 12 rings (SSSR count). The van der Waals surface area contributed by atoms with Gasteiger partial charge in [-0.3, -0.25) is 20.4 Å². The topological polar surface area (TPSA) is 229 Å². The van der Waals surface area contributed by atoms with Crippen molar-refractivity contribution < 1.29 is 46.1 Å². The molecule has 6 aromatic rings. The molecule has 0 radical (unpaired) electrons. The van der Waals surface area contributed by atoms with Gasteiger partial charge in [0, 0.05) is 135 Å². The number of hydrogen-bond donors (Lipinski definition) is 6. The van der Waals surface area contributed by atoms with Crippen molar-refractivity contribution in [3.8, 4) is 34.0 Å². The Bertz CT molecular complexity index is 2920. The molecule has 4 aromatic heterocycles. The second kappa shape index (κ2) is 18.9. The minimum Gasteiger partial charge on any atom is -0.474 e. The molecule has 22 heteroatoms. The number of alkyl halides is 2. The quantitative estimate of drug-likeness (QED) is 0.0633. The van der Waals surface area contributed by atoms with Crippen molar-refractivity contribution in [3.05, 3.63) is 71.8 Å². The van der Waals surface area contributed by atoms with Gasteiger partial charge in [0.25, 0.3) is 0 Å². The molecular weight excluding hydrogens is 941 g/mol. The fourth-order valence-electron chi connectivity index (χ4n) is 10.1. The van der Waals surface area contributed by atoms with Crippen LogP contribution in [0.5, 0.6) is 11.8 Å². The van der Waals surface area contributed by atoms with Crippen LogP contribution in [0.1, 0.15) is 36.8 Å². The van der Waals surface area contributed by atoms with E-state index < -0.39 is 36.2 Å². The summed E-state index contributed by atoms with van der Waals surface area (Å²) >= 11 is 0. The van der Waals surface area contributed by atoms with Crippen LogP contribution < -0.4 is 42.2 Å². The third-order valence-corrected chi connectivity index (χ3v) is 14.4. The van der Waals surface area contributed by atoms with E-state index >= 15 is 8.78 Å². The lowest BCUT2D eigenvalue weighted by atomic mass is 9.86. The summed E-state index contributed by atoms with van der Waals surface area (Å²) in [4.78, 5) is 46.0. The molecule has 376 valence electrons. The van der Waals surface area contributed by atoms with Gasteiger partial charge in [0.1, 0.15) is 60.8 Å². The summed E-state index contributed by atoms with van der Waals surface area (Å²) in [6.07, 6.45) is 5.64. The first-order chi connectivity index (χ1) is 34.7. The Hall–Kier alpha value is -7.46. The Morgan fingerprint density at radius 1 is 0.625 bits per heavy atom. The number of anilines is 6. The number of nitrogens with two attached hydrogens (primary N) is 2. The molecule has 2 amide bonds. The normalized spacial score (nSPS) is 21.5. The lowest BCUT2D eigenvalue weighted by Crippen LogP contribution is -2.59. The minimum absolute atomic E-state index is 0.0347. The van der Waals surface area contributed by atoms with Gasteiger partial charge in [-0.05, 0) is 60.0 Å². The number of halogens is 4. The SMILES string of the molecule is Cc1c(-c2cc3cc(NC(=O)OC4CC(N5CC(F)C5)C4)ncc3c(N)c2F)cnc2c1NCCO2.Cc1c(-c2cc3cc(NC(=O)OC4CC(N5CC(F)C5)C4)ncc3c(N)c2F)cnc2c1NCCO2. The summed E-state index contributed by atoms with van der Waals surface area (Å²) in [5.74, 6) is 0.372. The molecule has 8 N–H and O–H groups in total. The highest BCUT2D eigenvalue weighted by molar-refractivity contribution is 6.01. The predicted molar refractivity (Wildman–Crippen MR) is 263 cm³/mol. The molecule has 6 aliphatic rings. The molecule has 4 aliphatic heterocycles. The van der Waals surface area contributed by atoms with Crippen LogP contribution in [0.15, 0.2) is 49.1 Å². The number of nitrogen functional groups attached to an aromatic ring is 2. The standard InChI is InChI=1S/2C25H26F2N6O3/c2*1-12-18(8-31-24-23(12)29-2-3-35-24)17-4-13-5-20(30-9-19(13)22(28)21(17)27)32-25(34)36-16-6-15(7-16)33-10-14(26)11-33/h2*4-5,8-9,14-16,29H,2-3,6-7,10-11,28H2,1H3,(H,30,32,34). The number of nitrogens with one attached hydrogen (secondary N) is 4. The van der Waals surface area contributed by atoms with Crippen molar-refractivity contribution in [2.24, 2.45) is 0 Å². The number of hydrogen-bond acceptors (Lipinski definition) is 16. The number of carbonyl (C=O) groups excluding carboxylic acids is 2. The molecule has 2 aliphatic carbocycles. The number of aromatic nitrogens is 4. The lowest BCUT2D eigenvalue weighted by Gasteiger charge is -2.47. The van der Waals surface area contributed by atoms with Crippen molar-refractivity contribution in [2.75, 3.05) is 85.2 Å². The maximum absolute atomic E-state index is 15.3.